The molecule has 1 unspecified atom stereocenters. The number of carbonyl (C=O) groups excluding carboxylic acids is 2. The summed E-state index contributed by atoms with van der Waals surface area (Å²) in [6, 6.07) is 6.07. The van der Waals surface area contributed by atoms with Crippen molar-refractivity contribution in [2.75, 3.05) is 57.4 Å². The van der Waals surface area contributed by atoms with Gasteiger partial charge < -0.3 is 25.2 Å². The highest BCUT2D eigenvalue weighted by atomic mass is 35.5. The maximum absolute atomic E-state index is 13.0. The molecule has 0 aromatic heterocycles. The zero-order valence-electron chi connectivity index (χ0n) is 15.6. The van der Waals surface area contributed by atoms with Crippen LogP contribution in [0.5, 0.6) is 0 Å². The summed E-state index contributed by atoms with van der Waals surface area (Å²) in [6.07, 6.45) is 0.288. The molecule has 2 heterocycles. The van der Waals surface area contributed by atoms with Crippen LogP contribution >= 0.6 is 24.8 Å². The molecule has 2 saturated heterocycles. The summed E-state index contributed by atoms with van der Waals surface area (Å²) in [5.74, 6) is -0.338. The van der Waals surface area contributed by atoms with E-state index in [1.165, 1.54) is 12.1 Å². The third kappa shape index (κ3) is 6.77. The van der Waals surface area contributed by atoms with Crippen LogP contribution in [-0.4, -0.2) is 75.2 Å². The van der Waals surface area contributed by atoms with E-state index in [0.717, 1.165) is 5.69 Å². The number of anilines is 1. The van der Waals surface area contributed by atoms with Crippen LogP contribution in [-0.2, 0) is 14.3 Å². The zero-order chi connectivity index (χ0) is 18.4. The fourth-order valence-corrected chi connectivity index (χ4v) is 3.17. The topological polar surface area (TPSA) is 73.9 Å². The van der Waals surface area contributed by atoms with Gasteiger partial charge in [-0.2, -0.15) is 0 Å². The molecule has 2 amide bonds. The number of ether oxygens (including phenoxy) is 1. The summed E-state index contributed by atoms with van der Waals surface area (Å²) in [5, 5.41) is 5.87. The average molecular weight is 437 g/mol. The molecule has 0 bridgehead atoms. The molecule has 2 aliphatic rings. The monoisotopic (exact) mass is 436 g/mol. The van der Waals surface area contributed by atoms with Crippen LogP contribution in [0.15, 0.2) is 24.3 Å². The smallest absolute Gasteiger partial charge is 0.239 e. The Labute approximate surface area is 176 Å². The maximum atomic E-state index is 13.0. The summed E-state index contributed by atoms with van der Waals surface area (Å²) in [4.78, 5) is 28.2. The highest BCUT2D eigenvalue weighted by Crippen LogP contribution is 2.17. The standard InChI is InChI=1S/C18H25FN4O3.2ClH/c19-14-1-3-15(4-2-14)22-8-10-23(11-9-22)17(24)5-6-21-18(25)16-13-26-12-7-20-16;;/h1-4,16,20H,5-13H2,(H,21,25);2*1H. The number of morpholine rings is 1. The maximum Gasteiger partial charge on any atom is 0.239 e. The second-order valence-electron chi connectivity index (χ2n) is 6.47. The lowest BCUT2D eigenvalue weighted by Crippen LogP contribution is -2.52. The molecule has 0 radical (unpaired) electrons. The first-order valence-electron chi connectivity index (χ1n) is 9.00. The Morgan fingerprint density at radius 3 is 2.43 bits per heavy atom. The van der Waals surface area contributed by atoms with Crippen LogP contribution in [0.1, 0.15) is 6.42 Å². The third-order valence-electron chi connectivity index (χ3n) is 4.70. The van der Waals surface area contributed by atoms with Gasteiger partial charge in [-0.1, -0.05) is 0 Å². The van der Waals surface area contributed by atoms with Gasteiger partial charge in [-0.3, -0.25) is 9.59 Å². The minimum Gasteiger partial charge on any atom is -0.378 e. The van der Waals surface area contributed by atoms with E-state index in [2.05, 4.69) is 15.5 Å². The van der Waals surface area contributed by atoms with Gasteiger partial charge in [0.2, 0.25) is 11.8 Å². The number of carbonyl (C=O) groups is 2. The van der Waals surface area contributed by atoms with E-state index >= 15 is 0 Å². The molecule has 28 heavy (non-hydrogen) atoms. The number of hydrogen-bond donors (Lipinski definition) is 2. The summed E-state index contributed by atoms with van der Waals surface area (Å²) >= 11 is 0. The Morgan fingerprint density at radius 1 is 1.14 bits per heavy atom. The Kier molecular flexibility index (Phi) is 10.5. The average Bonchev–Trinajstić information content (AvgIpc) is 2.69. The van der Waals surface area contributed by atoms with Gasteiger partial charge in [0.15, 0.2) is 0 Å². The van der Waals surface area contributed by atoms with Crippen molar-refractivity contribution in [3.8, 4) is 0 Å². The Hall–Kier alpha value is -1.61. The number of benzene rings is 1. The van der Waals surface area contributed by atoms with E-state index in [4.69, 9.17) is 4.74 Å². The highest BCUT2D eigenvalue weighted by molar-refractivity contribution is 5.85. The Balaban J connectivity index is 0.00000196. The fourth-order valence-electron chi connectivity index (χ4n) is 3.17. The molecular weight excluding hydrogens is 410 g/mol. The molecule has 2 aliphatic heterocycles. The quantitative estimate of drug-likeness (QED) is 0.714. The van der Waals surface area contributed by atoms with Crippen LogP contribution in [0, 0.1) is 5.82 Å². The molecule has 1 aromatic carbocycles. The van der Waals surface area contributed by atoms with Crippen molar-refractivity contribution in [2.24, 2.45) is 0 Å². The van der Waals surface area contributed by atoms with Crippen molar-refractivity contribution < 1.29 is 18.7 Å². The van der Waals surface area contributed by atoms with E-state index in [0.29, 0.717) is 52.5 Å². The molecule has 0 aliphatic carbocycles. The van der Waals surface area contributed by atoms with E-state index in [1.807, 2.05) is 4.90 Å². The first-order valence-corrected chi connectivity index (χ1v) is 9.00. The molecular formula is C18H27Cl2FN4O3. The zero-order valence-corrected chi connectivity index (χ0v) is 17.2. The van der Waals surface area contributed by atoms with Gasteiger partial charge in [0.05, 0.1) is 13.2 Å². The second-order valence-corrected chi connectivity index (χ2v) is 6.47. The van der Waals surface area contributed by atoms with Crippen molar-refractivity contribution >= 4 is 42.3 Å². The molecule has 0 spiro atoms. The van der Waals surface area contributed by atoms with Crippen LogP contribution in [0.4, 0.5) is 10.1 Å². The molecule has 2 fully saturated rings. The molecule has 3 rings (SSSR count). The summed E-state index contributed by atoms with van der Waals surface area (Å²) in [6.45, 7) is 4.66. The van der Waals surface area contributed by atoms with Crippen LogP contribution in [0.25, 0.3) is 0 Å². The van der Waals surface area contributed by atoms with Crippen molar-refractivity contribution in [2.45, 2.75) is 12.5 Å². The lowest BCUT2D eigenvalue weighted by Gasteiger charge is -2.36. The van der Waals surface area contributed by atoms with E-state index in [9.17, 15) is 14.0 Å². The number of rotatable bonds is 5. The predicted molar refractivity (Wildman–Crippen MR) is 110 cm³/mol. The summed E-state index contributed by atoms with van der Waals surface area (Å²) in [5.41, 5.74) is 0.966. The molecule has 0 saturated carbocycles. The van der Waals surface area contributed by atoms with Gasteiger partial charge >= 0.3 is 0 Å². The number of piperazine rings is 1. The van der Waals surface area contributed by atoms with Crippen LogP contribution in [0.3, 0.4) is 0 Å². The van der Waals surface area contributed by atoms with Gasteiger partial charge in [0.25, 0.3) is 0 Å². The number of halogens is 3. The summed E-state index contributed by atoms with van der Waals surface area (Å²) < 4.78 is 18.3. The second kappa shape index (κ2) is 12.1. The third-order valence-corrected chi connectivity index (χ3v) is 4.70. The first kappa shape index (κ1) is 24.4. The first-order chi connectivity index (χ1) is 12.6. The van der Waals surface area contributed by atoms with E-state index in [-0.39, 0.29) is 54.9 Å². The highest BCUT2D eigenvalue weighted by Gasteiger charge is 2.23. The largest absolute Gasteiger partial charge is 0.378 e. The number of nitrogens with one attached hydrogen (secondary N) is 2. The fraction of sp³-hybridized carbons (Fsp3) is 0.556. The Bertz CT molecular complexity index is 622. The molecule has 7 nitrogen and oxygen atoms in total. The molecule has 1 aromatic rings. The SMILES string of the molecule is Cl.Cl.O=C(NCCC(=O)N1CCN(c2ccc(F)cc2)CC1)C1COCCN1. The van der Waals surface area contributed by atoms with Crippen molar-refractivity contribution in [3.63, 3.8) is 0 Å². The van der Waals surface area contributed by atoms with Gasteiger partial charge in [-0.05, 0) is 24.3 Å². The minimum absolute atomic E-state index is 0. The predicted octanol–water partition coefficient (Wildman–Crippen LogP) is 0.813. The van der Waals surface area contributed by atoms with Gasteiger partial charge in [-0.15, -0.1) is 24.8 Å². The Morgan fingerprint density at radius 2 is 1.82 bits per heavy atom. The van der Waals surface area contributed by atoms with E-state index < -0.39 is 0 Å². The number of amides is 2. The number of nitrogens with zero attached hydrogens (tertiary/aromatic N) is 2. The minimum atomic E-state index is -0.335. The van der Waals surface area contributed by atoms with Gasteiger partial charge in [0, 0.05) is 51.4 Å². The summed E-state index contributed by atoms with van der Waals surface area (Å²) in [7, 11) is 0. The van der Waals surface area contributed by atoms with Crippen LogP contribution in [0.2, 0.25) is 0 Å². The van der Waals surface area contributed by atoms with Crippen molar-refractivity contribution in [3.05, 3.63) is 30.1 Å². The molecule has 158 valence electrons. The molecule has 2 N–H and O–H groups in total. The normalized spacial score (nSPS) is 19.2. The van der Waals surface area contributed by atoms with Crippen molar-refractivity contribution in [1.82, 2.24) is 15.5 Å². The van der Waals surface area contributed by atoms with Gasteiger partial charge in [-0.25, -0.2) is 4.39 Å². The number of hydrogen-bond acceptors (Lipinski definition) is 5. The lowest BCUT2D eigenvalue weighted by atomic mass is 10.2. The van der Waals surface area contributed by atoms with E-state index in [1.54, 1.807) is 12.1 Å². The van der Waals surface area contributed by atoms with Crippen LogP contribution < -0.4 is 15.5 Å². The molecule has 10 heteroatoms. The lowest BCUT2D eigenvalue weighted by molar-refractivity contribution is -0.131. The molecule has 1 atom stereocenters. The van der Waals surface area contributed by atoms with Crippen molar-refractivity contribution in [1.29, 1.82) is 0 Å². The van der Waals surface area contributed by atoms with Gasteiger partial charge in [0.1, 0.15) is 11.9 Å².